The number of hydrogen-bond donors (Lipinski definition) is 0. The molecule has 1 aliphatic carbocycles. The fourth-order valence-electron chi connectivity index (χ4n) is 5.28. The van der Waals surface area contributed by atoms with Gasteiger partial charge in [0, 0.05) is 12.0 Å². The molecule has 4 aromatic rings. The molecule has 1 heterocycles. The number of nitrogens with zero attached hydrogens (tertiary/aromatic N) is 1. The second-order valence-corrected chi connectivity index (χ2v) is 9.88. The van der Waals surface area contributed by atoms with Crippen LogP contribution in [0.15, 0.2) is 77.2 Å². The molecule has 5 nitrogen and oxygen atoms in total. The Labute approximate surface area is 224 Å². The van der Waals surface area contributed by atoms with Crippen LogP contribution in [0.2, 0.25) is 0 Å². The summed E-state index contributed by atoms with van der Waals surface area (Å²) in [6.45, 7) is 4.75. The number of aryl methyl sites for hydroxylation is 4. The van der Waals surface area contributed by atoms with E-state index in [0.717, 1.165) is 48.5 Å². The molecule has 1 aliphatic rings. The lowest BCUT2D eigenvalue weighted by Gasteiger charge is -2.17. The number of oxazole rings is 1. The fraction of sp³-hybridized carbons (Fsp3) is 0.333. The van der Waals surface area contributed by atoms with Gasteiger partial charge in [0.25, 0.3) is 0 Å². The Kier molecular flexibility index (Phi) is 8.22. The number of carbonyl (C=O) groups is 1. The molecule has 5 rings (SSSR count). The zero-order chi connectivity index (χ0) is 26.3. The van der Waals surface area contributed by atoms with E-state index in [1.54, 1.807) is 0 Å². The molecule has 1 unspecified atom stereocenters. The van der Waals surface area contributed by atoms with Crippen LogP contribution in [0.4, 0.5) is 0 Å². The van der Waals surface area contributed by atoms with Gasteiger partial charge in [0.05, 0.1) is 25.3 Å². The molecular weight excluding hydrogens is 474 g/mol. The van der Waals surface area contributed by atoms with Crippen LogP contribution in [-0.4, -0.2) is 24.2 Å². The molecule has 0 spiro atoms. The van der Waals surface area contributed by atoms with E-state index >= 15 is 0 Å². The Morgan fingerprint density at radius 3 is 2.53 bits per heavy atom. The van der Waals surface area contributed by atoms with Gasteiger partial charge in [-0.25, -0.2) is 4.98 Å². The van der Waals surface area contributed by atoms with Gasteiger partial charge in [-0.1, -0.05) is 54.6 Å². The van der Waals surface area contributed by atoms with Crippen LogP contribution in [0.3, 0.4) is 0 Å². The highest BCUT2D eigenvalue weighted by atomic mass is 16.5. The van der Waals surface area contributed by atoms with Crippen molar-refractivity contribution in [2.45, 2.75) is 58.3 Å². The van der Waals surface area contributed by atoms with Crippen molar-refractivity contribution in [3.05, 3.63) is 107 Å². The van der Waals surface area contributed by atoms with Crippen molar-refractivity contribution in [3.8, 4) is 17.2 Å². The quantitative estimate of drug-likeness (QED) is 0.203. The minimum absolute atomic E-state index is 0.116. The van der Waals surface area contributed by atoms with Crippen LogP contribution in [0.1, 0.15) is 59.4 Å². The Balaban J connectivity index is 1.32. The lowest BCUT2D eigenvalue weighted by atomic mass is 9.93. The number of fused-ring (bicyclic) bond motifs is 1. The minimum atomic E-state index is -0.116. The van der Waals surface area contributed by atoms with E-state index in [0.29, 0.717) is 31.9 Å². The molecule has 0 radical (unpaired) electrons. The maximum absolute atomic E-state index is 12.2. The van der Waals surface area contributed by atoms with Crippen LogP contribution >= 0.6 is 0 Å². The van der Waals surface area contributed by atoms with Gasteiger partial charge in [-0.15, -0.1) is 0 Å². The smallest absolute Gasteiger partial charge is 0.306 e. The maximum atomic E-state index is 12.2. The van der Waals surface area contributed by atoms with Crippen LogP contribution in [0.5, 0.6) is 5.75 Å². The highest BCUT2D eigenvalue weighted by Crippen LogP contribution is 2.40. The van der Waals surface area contributed by atoms with Crippen molar-refractivity contribution in [1.82, 2.24) is 4.98 Å². The molecule has 38 heavy (non-hydrogen) atoms. The van der Waals surface area contributed by atoms with E-state index in [9.17, 15) is 4.79 Å². The Bertz CT molecular complexity index is 1360. The predicted octanol–water partition coefficient (Wildman–Crippen LogP) is 7.04. The molecular formula is C33H35NO4. The maximum Gasteiger partial charge on any atom is 0.306 e. The molecule has 0 fully saturated rings. The topological polar surface area (TPSA) is 61.6 Å². The van der Waals surface area contributed by atoms with Gasteiger partial charge in [-0.05, 0) is 85.9 Å². The summed E-state index contributed by atoms with van der Waals surface area (Å²) in [6, 6.07) is 25.0. The van der Waals surface area contributed by atoms with Gasteiger partial charge in [0.2, 0.25) is 5.89 Å². The van der Waals surface area contributed by atoms with Crippen LogP contribution in [0, 0.1) is 6.92 Å². The summed E-state index contributed by atoms with van der Waals surface area (Å²) in [5.74, 6) is 2.50. The second-order valence-electron chi connectivity index (χ2n) is 9.88. The molecule has 0 bridgehead atoms. The van der Waals surface area contributed by atoms with E-state index < -0.39 is 0 Å². The van der Waals surface area contributed by atoms with Gasteiger partial charge >= 0.3 is 5.97 Å². The molecule has 196 valence electrons. The van der Waals surface area contributed by atoms with Crippen molar-refractivity contribution >= 4 is 5.97 Å². The first-order valence-corrected chi connectivity index (χ1v) is 13.6. The summed E-state index contributed by atoms with van der Waals surface area (Å²) >= 11 is 0. The third kappa shape index (κ3) is 6.16. The number of carbonyl (C=O) groups excluding carboxylic acids is 1. The van der Waals surface area contributed by atoms with Crippen molar-refractivity contribution in [2.75, 3.05) is 13.2 Å². The summed E-state index contributed by atoms with van der Waals surface area (Å²) in [7, 11) is 0. The Morgan fingerprint density at radius 2 is 1.76 bits per heavy atom. The normalized spacial score (nSPS) is 14.3. The number of hydrogen-bond acceptors (Lipinski definition) is 5. The first kappa shape index (κ1) is 25.8. The largest absolute Gasteiger partial charge is 0.493 e. The SMILES string of the molecule is CCOC(=O)CC1CCc2cc(OCCc3nc(-c4ccccc4)oc3C)c(CCc3ccccc3)cc21. The van der Waals surface area contributed by atoms with Crippen molar-refractivity contribution in [1.29, 1.82) is 0 Å². The van der Waals surface area contributed by atoms with Crippen molar-refractivity contribution in [2.24, 2.45) is 0 Å². The van der Waals surface area contributed by atoms with Gasteiger partial charge in [-0.2, -0.15) is 0 Å². The first-order chi connectivity index (χ1) is 18.6. The zero-order valence-corrected chi connectivity index (χ0v) is 22.2. The fourth-order valence-corrected chi connectivity index (χ4v) is 5.28. The summed E-state index contributed by atoms with van der Waals surface area (Å²) in [4.78, 5) is 16.9. The Morgan fingerprint density at radius 1 is 1.00 bits per heavy atom. The number of benzene rings is 3. The lowest BCUT2D eigenvalue weighted by Crippen LogP contribution is -2.09. The second kappa shape index (κ2) is 12.1. The molecule has 0 saturated carbocycles. The van der Waals surface area contributed by atoms with Gasteiger partial charge < -0.3 is 13.9 Å². The number of ether oxygens (including phenoxy) is 2. The van der Waals surface area contributed by atoms with Crippen LogP contribution in [-0.2, 0) is 35.2 Å². The molecule has 0 aliphatic heterocycles. The summed E-state index contributed by atoms with van der Waals surface area (Å²) in [5, 5.41) is 0. The number of esters is 1. The van der Waals surface area contributed by atoms with E-state index in [-0.39, 0.29) is 11.9 Å². The molecule has 0 amide bonds. The molecule has 1 aromatic heterocycles. The monoisotopic (exact) mass is 509 g/mol. The predicted molar refractivity (Wildman–Crippen MR) is 148 cm³/mol. The van der Waals surface area contributed by atoms with Gasteiger partial charge in [-0.3, -0.25) is 4.79 Å². The van der Waals surface area contributed by atoms with E-state index in [4.69, 9.17) is 18.9 Å². The van der Waals surface area contributed by atoms with Gasteiger partial charge in [0.15, 0.2) is 0 Å². The minimum Gasteiger partial charge on any atom is -0.493 e. The average Bonchev–Trinajstić information content (AvgIpc) is 3.51. The lowest BCUT2D eigenvalue weighted by molar-refractivity contribution is -0.143. The third-order valence-electron chi connectivity index (χ3n) is 7.28. The first-order valence-electron chi connectivity index (χ1n) is 13.6. The summed E-state index contributed by atoms with van der Waals surface area (Å²) in [5.41, 5.74) is 6.93. The number of aromatic nitrogens is 1. The number of rotatable bonds is 11. The average molecular weight is 510 g/mol. The van der Waals surface area contributed by atoms with Crippen LogP contribution < -0.4 is 4.74 Å². The standard InChI is InChI=1S/C33H35NO4/c1-3-36-32(35)22-27-17-16-26-21-31(28(20-29(26)27)15-14-24-10-6-4-7-11-24)37-19-18-30-23(2)38-33(34-30)25-12-8-5-9-13-25/h4-13,20-21,27H,3,14-19,22H2,1-2H3. The van der Waals surface area contributed by atoms with Crippen molar-refractivity contribution < 1.29 is 18.7 Å². The molecule has 0 saturated heterocycles. The van der Waals surface area contributed by atoms with Crippen molar-refractivity contribution in [3.63, 3.8) is 0 Å². The third-order valence-corrected chi connectivity index (χ3v) is 7.28. The van der Waals surface area contributed by atoms with E-state index in [1.165, 1.54) is 22.3 Å². The molecule has 3 aromatic carbocycles. The summed E-state index contributed by atoms with van der Waals surface area (Å²) in [6.07, 6.45) is 4.84. The Hall–Kier alpha value is -3.86. The van der Waals surface area contributed by atoms with Gasteiger partial charge in [0.1, 0.15) is 11.5 Å². The molecule has 0 N–H and O–H groups in total. The highest BCUT2D eigenvalue weighted by molar-refractivity contribution is 5.71. The van der Waals surface area contributed by atoms with Crippen LogP contribution in [0.25, 0.3) is 11.5 Å². The molecule has 5 heteroatoms. The zero-order valence-electron chi connectivity index (χ0n) is 22.2. The van der Waals surface area contributed by atoms with E-state index in [2.05, 4.69) is 36.4 Å². The van der Waals surface area contributed by atoms with E-state index in [1.807, 2.05) is 50.2 Å². The summed E-state index contributed by atoms with van der Waals surface area (Å²) < 4.78 is 17.6. The molecule has 1 atom stereocenters. The highest BCUT2D eigenvalue weighted by Gasteiger charge is 2.27.